The summed E-state index contributed by atoms with van der Waals surface area (Å²) >= 11 is 0. The van der Waals surface area contributed by atoms with Crippen LogP contribution >= 0.6 is 0 Å². The summed E-state index contributed by atoms with van der Waals surface area (Å²) < 4.78 is 10.5. The Balaban J connectivity index is 2.03. The lowest BCUT2D eigenvalue weighted by atomic mass is 10.1. The molecular weight excluding hydrogens is 292 g/mol. The largest absolute Gasteiger partial charge is 0.493 e. The lowest BCUT2D eigenvalue weighted by molar-refractivity contribution is -0.121. The number of methoxy groups -OCH3 is 2. The van der Waals surface area contributed by atoms with Gasteiger partial charge < -0.3 is 20.5 Å². The quantitative estimate of drug-likeness (QED) is 0.804. The molecule has 1 unspecified atom stereocenters. The van der Waals surface area contributed by atoms with Crippen molar-refractivity contribution in [2.45, 2.75) is 19.4 Å². The summed E-state index contributed by atoms with van der Waals surface area (Å²) in [7, 11) is 3.18. The van der Waals surface area contributed by atoms with Gasteiger partial charge in [-0.15, -0.1) is 0 Å². The molecule has 0 saturated heterocycles. The maximum absolute atomic E-state index is 12.2. The fraction of sp³-hybridized carbons (Fsp3) is 0.278. The fourth-order valence-corrected chi connectivity index (χ4v) is 2.39. The van der Waals surface area contributed by atoms with E-state index in [9.17, 15) is 4.79 Å². The Morgan fingerprint density at radius 1 is 1.13 bits per heavy atom. The Morgan fingerprint density at radius 3 is 2.52 bits per heavy atom. The average Bonchev–Trinajstić information content (AvgIpc) is 2.53. The first-order chi connectivity index (χ1) is 11.0. The molecule has 5 heteroatoms. The number of hydrogen-bond donors (Lipinski definition) is 2. The predicted octanol–water partition coefficient (Wildman–Crippen LogP) is 2.71. The highest BCUT2D eigenvalue weighted by molar-refractivity contribution is 5.79. The molecule has 3 N–H and O–H groups in total. The minimum atomic E-state index is -0.136. The zero-order valence-corrected chi connectivity index (χ0v) is 13.6. The molecule has 5 nitrogen and oxygen atoms in total. The first-order valence-electron chi connectivity index (χ1n) is 7.39. The van der Waals surface area contributed by atoms with Gasteiger partial charge in [0.05, 0.1) is 26.7 Å². The van der Waals surface area contributed by atoms with Gasteiger partial charge in [0, 0.05) is 5.69 Å². The standard InChI is InChI=1S/C18H22N2O3/c1-12(14-7-8-16(22-2)17(11-14)23-3)20-18(21)10-13-5-4-6-15(19)9-13/h4-9,11-12H,10,19H2,1-3H3,(H,20,21). The van der Waals surface area contributed by atoms with E-state index in [1.165, 1.54) is 0 Å². The zero-order valence-electron chi connectivity index (χ0n) is 13.6. The van der Waals surface area contributed by atoms with Gasteiger partial charge in [0.1, 0.15) is 0 Å². The van der Waals surface area contributed by atoms with Crippen molar-refractivity contribution in [2.24, 2.45) is 0 Å². The molecule has 0 saturated carbocycles. The Kier molecular flexibility index (Phi) is 5.46. The van der Waals surface area contributed by atoms with E-state index in [1.807, 2.05) is 37.3 Å². The minimum absolute atomic E-state index is 0.0575. The summed E-state index contributed by atoms with van der Waals surface area (Å²) in [5.74, 6) is 1.24. The molecule has 1 atom stereocenters. The molecule has 0 aromatic heterocycles. The van der Waals surface area contributed by atoms with Crippen LogP contribution in [-0.4, -0.2) is 20.1 Å². The highest BCUT2D eigenvalue weighted by atomic mass is 16.5. The SMILES string of the molecule is COc1ccc(C(C)NC(=O)Cc2cccc(N)c2)cc1OC. The van der Waals surface area contributed by atoms with Crippen molar-refractivity contribution >= 4 is 11.6 Å². The Morgan fingerprint density at radius 2 is 1.87 bits per heavy atom. The molecule has 1 amide bonds. The van der Waals surface area contributed by atoms with Crippen molar-refractivity contribution < 1.29 is 14.3 Å². The summed E-state index contributed by atoms with van der Waals surface area (Å²) in [6.45, 7) is 1.93. The van der Waals surface area contributed by atoms with E-state index in [2.05, 4.69) is 5.32 Å². The lowest BCUT2D eigenvalue weighted by Crippen LogP contribution is -2.28. The number of amides is 1. The van der Waals surface area contributed by atoms with Crippen molar-refractivity contribution in [2.75, 3.05) is 20.0 Å². The average molecular weight is 314 g/mol. The number of nitrogen functional groups attached to an aromatic ring is 1. The van der Waals surface area contributed by atoms with Crippen LogP contribution in [0.25, 0.3) is 0 Å². The van der Waals surface area contributed by atoms with Crippen molar-refractivity contribution in [3.8, 4) is 11.5 Å². The van der Waals surface area contributed by atoms with Crippen molar-refractivity contribution in [1.82, 2.24) is 5.32 Å². The molecule has 2 aromatic carbocycles. The second kappa shape index (κ2) is 7.54. The minimum Gasteiger partial charge on any atom is -0.493 e. The first-order valence-corrected chi connectivity index (χ1v) is 7.39. The fourth-order valence-electron chi connectivity index (χ4n) is 2.39. The van der Waals surface area contributed by atoms with E-state index in [0.29, 0.717) is 23.6 Å². The number of nitrogens with one attached hydrogen (secondary N) is 1. The third-order valence-electron chi connectivity index (χ3n) is 3.60. The van der Waals surface area contributed by atoms with E-state index in [0.717, 1.165) is 11.1 Å². The highest BCUT2D eigenvalue weighted by Gasteiger charge is 2.13. The summed E-state index contributed by atoms with van der Waals surface area (Å²) in [5, 5.41) is 2.98. The van der Waals surface area contributed by atoms with Gasteiger partial charge in [0.25, 0.3) is 0 Å². The highest BCUT2D eigenvalue weighted by Crippen LogP contribution is 2.29. The lowest BCUT2D eigenvalue weighted by Gasteiger charge is -2.16. The molecule has 0 spiro atoms. The Labute approximate surface area is 136 Å². The van der Waals surface area contributed by atoms with Crippen LogP contribution in [0.1, 0.15) is 24.1 Å². The molecular formula is C18H22N2O3. The third kappa shape index (κ3) is 4.39. The maximum atomic E-state index is 12.2. The molecule has 0 heterocycles. The predicted molar refractivity (Wildman–Crippen MR) is 90.7 cm³/mol. The number of carbonyl (C=O) groups excluding carboxylic acids is 1. The van der Waals surface area contributed by atoms with Crippen LogP contribution in [0, 0.1) is 0 Å². The summed E-state index contributed by atoms with van der Waals surface area (Å²) in [6, 6.07) is 12.8. The molecule has 2 aromatic rings. The van der Waals surface area contributed by atoms with E-state index in [4.69, 9.17) is 15.2 Å². The van der Waals surface area contributed by atoms with Gasteiger partial charge in [-0.2, -0.15) is 0 Å². The van der Waals surface area contributed by atoms with E-state index < -0.39 is 0 Å². The van der Waals surface area contributed by atoms with E-state index in [-0.39, 0.29) is 11.9 Å². The number of hydrogen-bond acceptors (Lipinski definition) is 4. The Bertz CT molecular complexity index is 686. The van der Waals surface area contributed by atoms with Crippen molar-refractivity contribution in [3.63, 3.8) is 0 Å². The van der Waals surface area contributed by atoms with Gasteiger partial charge in [-0.05, 0) is 42.3 Å². The molecule has 0 radical (unpaired) electrons. The van der Waals surface area contributed by atoms with Gasteiger partial charge in [-0.25, -0.2) is 0 Å². The van der Waals surface area contributed by atoms with Crippen LogP contribution < -0.4 is 20.5 Å². The van der Waals surface area contributed by atoms with Crippen LogP contribution in [0.2, 0.25) is 0 Å². The maximum Gasteiger partial charge on any atom is 0.224 e. The molecule has 23 heavy (non-hydrogen) atoms. The first kappa shape index (κ1) is 16.7. The number of nitrogens with two attached hydrogens (primary N) is 1. The topological polar surface area (TPSA) is 73.6 Å². The monoisotopic (exact) mass is 314 g/mol. The number of ether oxygens (including phenoxy) is 2. The normalized spacial score (nSPS) is 11.6. The van der Waals surface area contributed by atoms with Crippen LogP contribution in [0.5, 0.6) is 11.5 Å². The number of rotatable bonds is 6. The van der Waals surface area contributed by atoms with Gasteiger partial charge in [-0.1, -0.05) is 18.2 Å². The number of benzene rings is 2. The molecule has 0 aliphatic carbocycles. The van der Waals surface area contributed by atoms with Gasteiger partial charge in [-0.3, -0.25) is 4.79 Å². The van der Waals surface area contributed by atoms with Crippen LogP contribution in [0.4, 0.5) is 5.69 Å². The molecule has 2 rings (SSSR count). The van der Waals surface area contributed by atoms with Gasteiger partial charge >= 0.3 is 0 Å². The zero-order chi connectivity index (χ0) is 16.8. The summed E-state index contributed by atoms with van der Waals surface area (Å²) in [5.41, 5.74) is 8.22. The van der Waals surface area contributed by atoms with Crippen LogP contribution in [0.3, 0.4) is 0 Å². The third-order valence-corrected chi connectivity index (χ3v) is 3.60. The molecule has 0 bridgehead atoms. The number of anilines is 1. The molecule has 0 fully saturated rings. The van der Waals surface area contributed by atoms with E-state index >= 15 is 0 Å². The molecule has 0 aliphatic rings. The molecule has 0 aliphatic heterocycles. The van der Waals surface area contributed by atoms with E-state index in [1.54, 1.807) is 26.4 Å². The molecule has 122 valence electrons. The van der Waals surface area contributed by atoms with Gasteiger partial charge in [0.2, 0.25) is 5.91 Å². The summed E-state index contributed by atoms with van der Waals surface area (Å²) in [4.78, 5) is 12.2. The van der Waals surface area contributed by atoms with Crippen LogP contribution in [-0.2, 0) is 11.2 Å². The number of carbonyl (C=O) groups is 1. The second-order valence-corrected chi connectivity index (χ2v) is 5.33. The second-order valence-electron chi connectivity index (χ2n) is 5.33. The van der Waals surface area contributed by atoms with Crippen molar-refractivity contribution in [3.05, 3.63) is 53.6 Å². The smallest absolute Gasteiger partial charge is 0.224 e. The van der Waals surface area contributed by atoms with Crippen LogP contribution in [0.15, 0.2) is 42.5 Å². The van der Waals surface area contributed by atoms with Crippen molar-refractivity contribution in [1.29, 1.82) is 0 Å². The van der Waals surface area contributed by atoms with Gasteiger partial charge in [0.15, 0.2) is 11.5 Å². The summed E-state index contributed by atoms with van der Waals surface area (Å²) in [6.07, 6.45) is 0.294. The Hall–Kier alpha value is -2.69.